The van der Waals surface area contributed by atoms with Crippen molar-refractivity contribution in [1.29, 1.82) is 0 Å². The van der Waals surface area contributed by atoms with Crippen molar-refractivity contribution in [2.24, 2.45) is 0 Å². The maximum absolute atomic E-state index is 12.1. The summed E-state index contributed by atoms with van der Waals surface area (Å²) in [6.45, 7) is 0.553. The van der Waals surface area contributed by atoms with Gasteiger partial charge in [0.1, 0.15) is 0 Å². The Hall–Kier alpha value is -1.53. The highest BCUT2D eigenvalue weighted by Crippen LogP contribution is 2.21. The van der Waals surface area contributed by atoms with Gasteiger partial charge in [-0.05, 0) is 40.9 Å². The maximum Gasteiger partial charge on any atom is 0.491 e. The molecule has 0 bridgehead atoms. The number of benzene rings is 2. The van der Waals surface area contributed by atoms with Crippen molar-refractivity contribution in [1.82, 2.24) is 0 Å². The quantitative estimate of drug-likeness (QED) is 0.680. The van der Waals surface area contributed by atoms with E-state index in [-0.39, 0.29) is 6.61 Å². The molecule has 0 atom stereocenters. The molecule has 4 nitrogen and oxygen atoms in total. The minimum Gasteiger partial charge on any atom is -0.462 e. The highest BCUT2D eigenvalue weighted by Gasteiger charge is 2.28. The summed E-state index contributed by atoms with van der Waals surface area (Å²) in [4.78, 5) is 12.1. The largest absolute Gasteiger partial charge is 0.491 e. The maximum atomic E-state index is 12.1. The van der Waals surface area contributed by atoms with Gasteiger partial charge in [-0.1, -0.05) is 35.3 Å². The Morgan fingerprint density at radius 1 is 1.26 bits per heavy atom. The second kappa shape index (κ2) is 6.93. The predicted octanol–water partition coefficient (Wildman–Crippen LogP) is 2.61. The van der Waals surface area contributed by atoms with Gasteiger partial charge in [0.15, 0.2) is 0 Å². The van der Waals surface area contributed by atoms with Gasteiger partial charge in [-0.25, -0.2) is 4.79 Å². The van der Waals surface area contributed by atoms with Crippen molar-refractivity contribution in [3.05, 3.63) is 63.1 Å². The van der Waals surface area contributed by atoms with Crippen LogP contribution in [-0.4, -0.2) is 24.7 Å². The molecule has 2 aromatic carbocycles. The molecule has 1 aliphatic rings. The Bertz CT molecular complexity index is 751. The molecular weight excluding hydrogens is 338 g/mol. The van der Waals surface area contributed by atoms with Crippen LogP contribution >= 0.6 is 23.2 Å². The lowest BCUT2D eigenvalue weighted by Crippen LogP contribution is -2.29. The van der Waals surface area contributed by atoms with Gasteiger partial charge in [-0.3, -0.25) is 0 Å². The van der Waals surface area contributed by atoms with Gasteiger partial charge in [0.05, 0.1) is 18.8 Å². The molecule has 0 unspecified atom stereocenters. The Morgan fingerprint density at radius 3 is 2.87 bits per heavy atom. The number of carbonyl (C=O) groups is 1. The van der Waals surface area contributed by atoms with Crippen LogP contribution in [0.2, 0.25) is 10.0 Å². The number of esters is 1. The van der Waals surface area contributed by atoms with Crippen molar-refractivity contribution in [3.63, 3.8) is 0 Å². The molecule has 2 aromatic rings. The molecule has 118 valence electrons. The first-order valence-corrected chi connectivity index (χ1v) is 7.84. The van der Waals surface area contributed by atoms with Crippen LogP contribution in [0.15, 0.2) is 36.4 Å². The summed E-state index contributed by atoms with van der Waals surface area (Å²) >= 11 is 11.9. The molecule has 3 rings (SSSR count). The number of halogens is 2. The van der Waals surface area contributed by atoms with E-state index in [0.29, 0.717) is 34.1 Å². The van der Waals surface area contributed by atoms with Gasteiger partial charge >= 0.3 is 13.1 Å². The van der Waals surface area contributed by atoms with E-state index in [2.05, 4.69) is 0 Å². The molecule has 0 amide bonds. The third kappa shape index (κ3) is 3.70. The second-order valence-corrected chi connectivity index (χ2v) is 6.04. The highest BCUT2D eigenvalue weighted by atomic mass is 35.5. The molecule has 0 saturated carbocycles. The van der Waals surface area contributed by atoms with Gasteiger partial charge in [0, 0.05) is 16.5 Å². The highest BCUT2D eigenvalue weighted by molar-refractivity contribution is 6.61. The minimum atomic E-state index is -0.981. The molecule has 1 aliphatic heterocycles. The zero-order valence-electron chi connectivity index (χ0n) is 12.1. The molecule has 23 heavy (non-hydrogen) atoms. The summed E-state index contributed by atoms with van der Waals surface area (Å²) in [6.07, 6.45) is 0.498. The SMILES string of the molecule is O=C(OCCc1ccc(Cl)cc1Cl)c1ccc2c(c1)B(O)OC2. The molecule has 0 aromatic heterocycles. The average molecular weight is 351 g/mol. The first kappa shape index (κ1) is 16.3. The summed E-state index contributed by atoms with van der Waals surface area (Å²) in [7, 11) is -0.981. The Labute approximate surface area is 144 Å². The average Bonchev–Trinajstić information content (AvgIpc) is 2.90. The number of hydrogen-bond donors (Lipinski definition) is 1. The third-order valence-corrected chi connectivity index (χ3v) is 4.25. The first-order chi connectivity index (χ1) is 11.0. The molecule has 0 saturated heterocycles. The van der Waals surface area contributed by atoms with Gasteiger partial charge in [-0.15, -0.1) is 0 Å². The van der Waals surface area contributed by atoms with E-state index in [9.17, 15) is 9.82 Å². The lowest BCUT2D eigenvalue weighted by Gasteiger charge is -2.08. The fraction of sp³-hybridized carbons (Fsp3) is 0.188. The zero-order valence-corrected chi connectivity index (χ0v) is 13.6. The van der Waals surface area contributed by atoms with Crippen LogP contribution in [0, 0.1) is 0 Å². The Balaban J connectivity index is 1.60. The number of fused-ring (bicyclic) bond motifs is 1. The van der Waals surface area contributed by atoms with E-state index in [1.165, 1.54) is 0 Å². The summed E-state index contributed by atoms with van der Waals surface area (Å²) in [5.41, 5.74) is 2.74. The minimum absolute atomic E-state index is 0.205. The van der Waals surface area contributed by atoms with Crippen LogP contribution in [0.5, 0.6) is 0 Å². The summed E-state index contributed by atoms with van der Waals surface area (Å²) < 4.78 is 10.4. The van der Waals surface area contributed by atoms with Gasteiger partial charge in [0.25, 0.3) is 0 Å². The van der Waals surface area contributed by atoms with Crippen LogP contribution in [0.4, 0.5) is 0 Å². The Kier molecular flexibility index (Phi) is 4.92. The number of carbonyl (C=O) groups excluding carboxylic acids is 1. The molecule has 0 fully saturated rings. The third-order valence-electron chi connectivity index (χ3n) is 3.66. The smallest absolute Gasteiger partial charge is 0.462 e. The monoisotopic (exact) mass is 350 g/mol. The van der Waals surface area contributed by atoms with Gasteiger partial charge < -0.3 is 14.4 Å². The molecule has 1 N–H and O–H groups in total. The summed E-state index contributed by atoms with van der Waals surface area (Å²) in [6, 6.07) is 10.2. The Morgan fingerprint density at radius 2 is 2.09 bits per heavy atom. The van der Waals surface area contributed by atoms with Crippen molar-refractivity contribution in [3.8, 4) is 0 Å². The van der Waals surface area contributed by atoms with Crippen LogP contribution in [0.1, 0.15) is 21.5 Å². The fourth-order valence-electron chi connectivity index (χ4n) is 2.40. The van der Waals surface area contributed by atoms with Crippen LogP contribution in [0.3, 0.4) is 0 Å². The molecule has 0 aliphatic carbocycles. The zero-order chi connectivity index (χ0) is 16.4. The van der Waals surface area contributed by atoms with Crippen LogP contribution < -0.4 is 5.46 Å². The normalized spacial score (nSPS) is 13.1. The van der Waals surface area contributed by atoms with E-state index < -0.39 is 13.1 Å². The molecule has 7 heteroatoms. The van der Waals surface area contributed by atoms with Crippen molar-refractivity contribution in [2.75, 3.05) is 6.61 Å². The van der Waals surface area contributed by atoms with E-state index in [4.69, 9.17) is 32.6 Å². The number of hydrogen-bond acceptors (Lipinski definition) is 4. The van der Waals surface area contributed by atoms with E-state index >= 15 is 0 Å². The van der Waals surface area contributed by atoms with Gasteiger partial charge in [-0.2, -0.15) is 0 Å². The summed E-state index contributed by atoms with van der Waals surface area (Å²) in [5, 5.41) is 10.8. The molecule has 0 spiro atoms. The first-order valence-electron chi connectivity index (χ1n) is 7.08. The van der Waals surface area contributed by atoms with E-state index in [1.54, 1.807) is 30.3 Å². The lowest BCUT2D eigenvalue weighted by atomic mass is 9.79. The molecule has 1 heterocycles. The topological polar surface area (TPSA) is 55.8 Å². The molecule has 0 radical (unpaired) electrons. The van der Waals surface area contributed by atoms with E-state index in [0.717, 1.165) is 11.1 Å². The standard InChI is InChI=1S/C16H13BCl2O4/c18-13-4-3-10(15(19)8-13)5-6-22-16(20)11-1-2-12-9-23-17(21)14(12)7-11/h1-4,7-8,21H,5-6,9H2. The van der Waals surface area contributed by atoms with Crippen molar-refractivity contribution in [2.45, 2.75) is 13.0 Å². The van der Waals surface area contributed by atoms with Crippen molar-refractivity contribution < 1.29 is 19.2 Å². The fourth-order valence-corrected chi connectivity index (χ4v) is 2.91. The number of ether oxygens (including phenoxy) is 1. The lowest BCUT2D eigenvalue weighted by molar-refractivity contribution is 0.0509. The number of rotatable bonds is 4. The summed E-state index contributed by atoms with van der Waals surface area (Å²) in [5.74, 6) is -0.447. The second-order valence-electron chi connectivity index (χ2n) is 5.20. The van der Waals surface area contributed by atoms with Crippen LogP contribution in [0.25, 0.3) is 0 Å². The van der Waals surface area contributed by atoms with Gasteiger partial charge in [0.2, 0.25) is 0 Å². The predicted molar refractivity (Wildman–Crippen MR) is 89.3 cm³/mol. The molecular formula is C16H13BCl2O4. The van der Waals surface area contributed by atoms with Crippen LogP contribution in [-0.2, 0) is 22.4 Å². The van der Waals surface area contributed by atoms with Crippen molar-refractivity contribution >= 4 is 41.8 Å². The van der Waals surface area contributed by atoms with E-state index in [1.807, 2.05) is 6.07 Å².